The number of anilines is 1. The van der Waals surface area contributed by atoms with Crippen LogP contribution in [0, 0.1) is 6.92 Å². The molecule has 0 unspecified atom stereocenters. The number of aromatic nitrogens is 3. The van der Waals surface area contributed by atoms with Crippen LogP contribution in [0.4, 0.5) is 5.82 Å². The van der Waals surface area contributed by atoms with Crippen molar-refractivity contribution >= 4 is 37.5 Å². The smallest absolute Gasteiger partial charge is 0.276 e. The average molecular weight is 385 g/mol. The lowest BCUT2D eigenvalue weighted by Gasteiger charge is -2.07. The van der Waals surface area contributed by atoms with Crippen LogP contribution in [-0.2, 0) is 9.84 Å². The van der Waals surface area contributed by atoms with Crippen LogP contribution in [0.1, 0.15) is 23.1 Å². The molecule has 2 aromatic rings. The molecule has 1 amide bonds. The van der Waals surface area contributed by atoms with E-state index in [1.165, 1.54) is 13.1 Å². The van der Waals surface area contributed by atoms with E-state index >= 15 is 0 Å². The molecule has 7 nitrogen and oxygen atoms in total. The van der Waals surface area contributed by atoms with Crippen molar-refractivity contribution in [2.24, 2.45) is 0 Å². The van der Waals surface area contributed by atoms with Gasteiger partial charge in [-0.05, 0) is 35.0 Å². The number of carbonyl (C=O) groups is 1. The lowest BCUT2D eigenvalue weighted by molar-refractivity contribution is 0.102. The SMILES string of the molecule is CCS(=O)(=O)c1ncc(Br)c(C(=O)Nc2cccc(C)n2)n1. The van der Waals surface area contributed by atoms with Gasteiger partial charge in [0.25, 0.3) is 5.91 Å². The maximum atomic E-state index is 12.2. The van der Waals surface area contributed by atoms with Crippen molar-refractivity contribution < 1.29 is 13.2 Å². The predicted molar refractivity (Wildman–Crippen MR) is 84.4 cm³/mol. The van der Waals surface area contributed by atoms with Gasteiger partial charge in [-0.3, -0.25) is 4.79 Å². The number of sulfone groups is 1. The van der Waals surface area contributed by atoms with E-state index < -0.39 is 15.7 Å². The molecule has 2 aromatic heterocycles. The first-order chi connectivity index (χ1) is 10.3. The van der Waals surface area contributed by atoms with E-state index in [-0.39, 0.29) is 16.6 Å². The van der Waals surface area contributed by atoms with E-state index in [9.17, 15) is 13.2 Å². The highest BCUT2D eigenvalue weighted by Gasteiger charge is 2.21. The predicted octanol–water partition coefficient (Wildman–Crippen LogP) is 1.99. The van der Waals surface area contributed by atoms with Gasteiger partial charge in [0.15, 0.2) is 0 Å². The standard InChI is InChI=1S/C13H13BrN4O3S/c1-3-22(20,21)13-15-7-9(14)11(18-13)12(19)17-10-6-4-5-8(2)16-10/h4-7H,3H2,1-2H3,(H,16,17,19). The minimum atomic E-state index is -3.59. The minimum absolute atomic E-state index is 0.0645. The molecule has 2 rings (SSSR count). The number of halogens is 1. The zero-order chi connectivity index (χ0) is 16.3. The van der Waals surface area contributed by atoms with E-state index in [0.29, 0.717) is 10.3 Å². The third-order valence-electron chi connectivity index (χ3n) is 2.73. The third kappa shape index (κ3) is 3.66. The minimum Gasteiger partial charge on any atom is -0.305 e. The Morgan fingerprint density at radius 3 is 2.68 bits per heavy atom. The van der Waals surface area contributed by atoms with Crippen molar-refractivity contribution in [1.29, 1.82) is 0 Å². The molecule has 0 saturated heterocycles. The van der Waals surface area contributed by atoms with E-state index in [0.717, 1.165) is 5.69 Å². The zero-order valence-electron chi connectivity index (χ0n) is 11.9. The van der Waals surface area contributed by atoms with Crippen molar-refractivity contribution in [2.75, 3.05) is 11.1 Å². The first kappa shape index (κ1) is 16.5. The first-order valence-electron chi connectivity index (χ1n) is 6.34. The molecule has 0 spiro atoms. The average Bonchev–Trinajstić information content (AvgIpc) is 2.47. The highest BCUT2D eigenvalue weighted by Crippen LogP contribution is 2.17. The van der Waals surface area contributed by atoms with E-state index in [1.54, 1.807) is 25.1 Å². The van der Waals surface area contributed by atoms with E-state index in [1.807, 2.05) is 0 Å². The Balaban J connectivity index is 2.35. The fourth-order valence-corrected chi connectivity index (χ4v) is 2.65. The first-order valence-corrected chi connectivity index (χ1v) is 8.78. The molecule has 116 valence electrons. The number of aryl methyl sites for hydroxylation is 1. The number of carbonyl (C=O) groups excluding carboxylic acids is 1. The molecule has 9 heteroatoms. The van der Waals surface area contributed by atoms with Crippen molar-refractivity contribution in [1.82, 2.24) is 15.0 Å². The Bertz CT molecular complexity index is 824. The topological polar surface area (TPSA) is 102 Å². The van der Waals surface area contributed by atoms with Crippen LogP contribution < -0.4 is 5.32 Å². The van der Waals surface area contributed by atoms with Crippen LogP contribution in [0.2, 0.25) is 0 Å². The number of hydrogen-bond acceptors (Lipinski definition) is 6. The van der Waals surface area contributed by atoms with Crippen LogP contribution in [0.25, 0.3) is 0 Å². The number of pyridine rings is 1. The highest BCUT2D eigenvalue weighted by atomic mass is 79.9. The Morgan fingerprint density at radius 2 is 2.05 bits per heavy atom. The molecule has 22 heavy (non-hydrogen) atoms. The van der Waals surface area contributed by atoms with E-state index in [4.69, 9.17) is 0 Å². The third-order valence-corrected chi connectivity index (χ3v) is 4.82. The zero-order valence-corrected chi connectivity index (χ0v) is 14.3. The second-order valence-corrected chi connectivity index (χ2v) is 7.40. The fourth-order valence-electron chi connectivity index (χ4n) is 1.58. The number of nitrogens with zero attached hydrogens (tertiary/aromatic N) is 3. The molecule has 0 saturated carbocycles. The molecule has 0 radical (unpaired) electrons. The second kappa shape index (κ2) is 6.49. The molecule has 1 N–H and O–H groups in total. The number of rotatable bonds is 4. The molecule has 0 aromatic carbocycles. The van der Waals surface area contributed by atoms with Gasteiger partial charge < -0.3 is 5.32 Å². The largest absolute Gasteiger partial charge is 0.305 e. The summed E-state index contributed by atoms with van der Waals surface area (Å²) in [6.07, 6.45) is 1.24. The number of nitrogens with one attached hydrogen (secondary N) is 1. The normalized spacial score (nSPS) is 11.2. The van der Waals surface area contributed by atoms with Gasteiger partial charge in [0.1, 0.15) is 11.5 Å². The number of hydrogen-bond donors (Lipinski definition) is 1. The lowest BCUT2D eigenvalue weighted by Crippen LogP contribution is -2.18. The Morgan fingerprint density at radius 1 is 1.32 bits per heavy atom. The second-order valence-electron chi connectivity index (χ2n) is 4.37. The van der Waals surface area contributed by atoms with Crippen molar-refractivity contribution in [3.63, 3.8) is 0 Å². The van der Waals surface area contributed by atoms with Gasteiger partial charge in [0.05, 0.1) is 10.2 Å². The quantitative estimate of drug-likeness (QED) is 0.808. The van der Waals surface area contributed by atoms with Crippen LogP contribution in [0.5, 0.6) is 0 Å². The maximum absolute atomic E-state index is 12.2. The van der Waals surface area contributed by atoms with Crippen LogP contribution in [-0.4, -0.2) is 35.0 Å². The van der Waals surface area contributed by atoms with Crippen LogP contribution in [0.3, 0.4) is 0 Å². The molecule has 0 aliphatic heterocycles. The molecule has 2 heterocycles. The van der Waals surface area contributed by atoms with Crippen molar-refractivity contribution in [3.8, 4) is 0 Å². The lowest BCUT2D eigenvalue weighted by atomic mass is 10.3. The monoisotopic (exact) mass is 384 g/mol. The van der Waals surface area contributed by atoms with E-state index in [2.05, 4.69) is 36.2 Å². The molecular weight excluding hydrogens is 372 g/mol. The summed E-state index contributed by atoms with van der Waals surface area (Å²) in [4.78, 5) is 24.0. The molecule has 0 atom stereocenters. The Kier molecular flexibility index (Phi) is 4.87. The Labute approximate surface area is 136 Å². The van der Waals surface area contributed by atoms with Crippen LogP contribution >= 0.6 is 15.9 Å². The summed E-state index contributed by atoms with van der Waals surface area (Å²) in [5.41, 5.74) is 0.680. The molecule has 0 aliphatic carbocycles. The summed E-state index contributed by atoms with van der Waals surface area (Å²) >= 11 is 3.15. The molecule has 0 fully saturated rings. The van der Waals surface area contributed by atoms with Gasteiger partial charge in [-0.2, -0.15) is 0 Å². The Hall–Kier alpha value is -1.87. The molecule has 0 bridgehead atoms. The van der Waals surface area contributed by atoms with Gasteiger partial charge in [-0.15, -0.1) is 0 Å². The van der Waals surface area contributed by atoms with Gasteiger partial charge in [-0.25, -0.2) is 23.4 Å². The van der Waals surface area contributed by atoms with Crippen molar-refractivity contribution in [2.45, 2.75) is 19.0 Å². The van der Waals surface area contributed by atoms with Crippen molar-refractivity contribution in [3.05, 3.63) is 40.3 Å². The van der Waals surface area contributed by atoms with Crippen LogP contribution in [0.15, 0.2) is 34.0 Å². The summed E-state index contributed by atoms with van der Waals surface area (Å²) < 4.78 is 23.9. The summed E-state index contributed by atoms with van der Waals surface area (Å²) in [5.74, 6) is -0.356. The molecule has 0 aliphatic rings. The maximum Gasteiger partial charge on any atom is 0.276 e. The summed E-state index contributed by atoms with van der Waals surface area (Å²) in [6.45, 7) is 3.28. The van der Waals surface area contributed by atoms with Gasteiger partial charge in [-0.1, -0.05) is 13.0 Å². The van der Waals surface area contributed by atoms with Gasteiger partial charge >= 0.3 is 0 Å². The summed E-state index contributed by atoms with van der Waals surface area (Å²) in [6, 6.07) is 5.17. The summed E-state index contributed by atoms with van der Waals surface area (Å²) in [5, 5.41) is 2.20. The van der Waals surface area contributed by atoms with Gasteiger partial charge in [0, 0.05) is 11.9 Å². The summed E-state index contributed by atoms with van der Waals surface area (Å²) in [7, 11) is -3.59. The highest BCUT2D eigenvalue weighted by molar-refractivity contribution is 9.10. The fraction of sp³-hybridized carbons (Fsp3) is 0.231. The van der Waals surface area contributed by atoms with Gasteiger partial charge in [0.2, 0.25) is 15.0 Å². The number of amides is 1. The molecular formula is C13H13BrN4O3S.